The monoisotopic (exact) mass is 228 g/mol. The standard InChI is InChI=1S/C16H17F/c1-11(2)15-9-14(10-16(17)12(15)3)13-7-5-4-6-8-13/h4-11H,1-3H3. The van der Waals surface area contributed by atoms with E-state index in [1.807, 2.05) is 37.3 Å². The Morgan fingerprint density at radius 2 is 1.59 bits per heavy atom. The zero-order valence-corrected chi connectivity index (χ0v) is 10.5. The van der Waals surface area contributed by atoms with Gasteiger partial charge in [0.1, 0.15) is 5.82 Å². The van der Waals surface area contributed by atoms with Crippen molar-refractivity contribution in [3.8, 4) is 11.1 Å². The van der Waals surface area contributed by atoms with Crippen molar-refractivity contribution in [2.75, 3.05) is 0 Å². The average Bonchev–Trinajstić information content (AvgIpc) is 2.33. The van der Waals surface area contributed by atoms with Crippen molar-refractivity contribution in [1.29, 1.82) is 0 Å². The van der Waals surface area contributed by atoms with E-state index in [2.05, 4.69) is 19.9 Å². The van der Waals surface area contributed by atoms with E-state index in [-0.39, 0.29) is 5.82 Å². The topological polar surface area (TPSA) is 0 Å². The molecule has 88 valence electrons. The van der Waals surface area contributed by atoms with Gasteiger partial charge in [-0.05, 0) is 41.2 Å². The first kappa shape index (κ1) is 11.8. The second kappa shape index (κ2) is 4.70. The fourth-order valence-electron chi connectivity index (χ4n) is 2.10. The van der Waals surface area contributed by atoms with Crippen molar-refractivity contribution in [3.05, 3.63) is 59.4 Å². The Kier molecular flexibility index (Phi) is 3.28. The Morgan fingerprint density at radius 1 is 0.941 bits per heavy atom. The van der Waals surface area contributed by atoms with E-state index in [1.165, 1.54) is 0 Å². The van der Waals surface area contributed by atoms with Crippen LogP contribution in [-0.4, -0.2) is 0 Å². The SMILES string of the molecule is Cc1c(F)cc(-c2ccccc2)cc1C(C)C. The molecule has 0 atom stereocenters. The first-order valence-electron chi connectivity index (χ1n) is 5.95. The van der Waals surface area contributed by atoms with Gasteiger partial charge >= 0.3 is 0 Å². The quantitative estimate of drug-likeness (QED) is 0.684. The predicted molar refractivity (Wildman–Crippen MR) is 70.7 cm³/mol. The van der Waals surface area contributed by atoms with Crippen LogP contribution in [0.5, 0.6) is 0 Å². The fourth-order valence-corrected chi connectivity index (χ4v) is 2.10. The van der Waals surface area contributed by atoms with Crippen molar-refractivity contribution in [3.63, 3.8) is 0 Å². The molecule has 2 aromatic rings. The molecule has 0 N–H and O–H groups in total. The summed E-state index contributed by atoms with van der Waals surface area (Å²) in [7, 11) is 0. The normalized spacial score (nSPS) is 10.9. The van der Waals surface area contributed by atoms with Crippen LogP contribution < -0.4 is 0 Å². The minimum absolute atomic E-state index is 0.116. The highest BCUT2D eigenvalue weighted by Gasteiger charge is 2.10. The van der Waals surface area contributed by atoms with Crippen LogP contribution in [-0.2, 0) is 0 Å². The summed E-state index contributed by atoms with van der Waals surface area (Å²) in [4.78, 5) is 0. The molecule has 2 aromatic carbocycles. The smallest absolute Gasteiger partial charge is 0.127 e. The highest BCUT2D eigenvalue weighted by molar-refractivity contribution is 5.65. The van der Waals surface area contributed by atoms with Gasteiger partial charge in [-0.3, -0.25) is 0 Å². The summed E-state index contributed by atoms with van der Waals surface area (Å²) in [5.74, 6) is 0.225. The summed E-state index contributed by atoms with van der Waals surface area (Å²) < 4.78 is 13.9. The van der Waals surface area contributed by atoms with Crippen LogP contribution in [0.25, 0.3) is 11.1 Å². The maximum atomic E-state index is 13.9. The molecule has 0 saturated heterocycles. The second-order valence-corrected chi connectivity index (χ2v) is 4.69. The first-order valence-corrected chi connectivity index (χ1v) is 5.95. The summed E-state index contributed by atoms with van der Waals surface area (Å²) in [6.45, 7) is 6.03. The zero-order valence-electron chi connectivity index (χ0n) is 10.5. The molecule has 0 aliphatic rings. The fraction of sp³-hybridized carbons (Fsp3) is 0.250. The van der Waals surface area contributed by atoms with E-state index in [1.54, 1.807) is 6.07 Å². The molecule has 0 saturated carbocycles. The lowest BCUT2D eigenvalue weighted by Crippen LogP contribution is -1.96. The van der Waals surface area contributed by atoms with Crippen molar-refractivity contribution in [1.82, 2.24) is 0 Å². The largest absolute Gasteiger partial charge is 0.207 e. The van der Waals surface area contributed by atoms with Gasteiger partial charge in [0.25, 0.3) is 0 Å². The van der Waals surface area contributed by atoms with Gasteiger partial charge in [0.05, 0.1) is 0 Å². The third-order valence-corrected chi connectivity index (χ3v) is 3.11. The molecule has 0 bridgehead atoms. The maximum absolute atomic E-state index is 13.9. The number of hydrogen-bond donors (Lipinski definition) is 0. The molecule has 0 aliphatic heterocycles. The third kappa shape index (κ3) is 2.38. The molecule has 2 rings (SSSR count). The van der Waals surface area contributed by atoms with Gasteiger partial charge in [-0.2, -0.15) is 0 Å². The Labute approximate surface area is 102 Å². The molecule has 0 aliphatic carbocycles. The zero-order chi connectivity index (χ0) is 12.4. The van der Waals surface area contributed by atoms with Gasteiger partial charge in [-0.15, -0.1) is 0 Å². The minimum atomic E-state index is -0.116. The van der Waals surface area contributed by atoms with Crippen molar-refractivity contribution in [2.45, 2.75) is 26.7 Å². The molecule has 0 aromatic heterocycles. The Balaban J connectivity index is 2.57. The van der Waals surface area contributed by atoms with E-state index in [9.17, 15) is 4.39 Å². The van der Waals surface area contributed by atoms with Crippen LogP contribution >= 0.6 is 0 Å². The van der Waals surface area contributed by atoms with E-state index in [4.69, 9.17) is 0 Å². The summed E-state index contributed by atoms with van der Waals surface area (Å²) in [6.07, 6.45) is 0. The number of benzene rings is 2. The lowest BCUT2D eigenvalue weighted by molar-refractivity contribution is 0.613. The van der Waals surface area contributed by atoms with E-state index < -0.39 is 0 Å². The van der Waals surface area contributed by atoms with Gasteiger partial charge in [0, 0.05) is 0 Å². The van der Waals surface area contributed by atoms with Crippen LogP contribution in [0.15, 0.2) is 42.5 Å². The highest BCUT2D eigenvalue weighted by Crippen LogP contribution is 2.28. The van der Waals surface area contributed by atoms with Crippen LogP contribution in [0.2, 0.25) is 0 Å². The lowest BCUT2D eigenvalue weighted by atomic mass is 9.93. The first-order chi connectivity index (χ1) is 8.09. The molecule has 17 heavy (non-hydrogen) atoms. The number of rotatable bonds is 2. The van der Waals surface area contributed by atoms with Crippen molar-refractivity contribution < 1.29 is 4.39 Å². The average molecular weight is 228 g/mol. The van der Waals surface area contributed by atoms with Crippen molar-refractivity contribution >= 4 is 0 Å². The van der Waals surface area contributed by atoms with Gasteiger partial charge in [-0.25, -0.2) is 4.39 Å². The summed E-state index contributed by atoms with van der Waals surface area (Å²) in [6, 6.07) is 13.7. The van der Waals surface area contributed by atoms with Crippen LogP contribution in [0.4, 0.5) is 4.39 Å². The van der Waals surface area contributed by atoms with E-state index in [0.29, 0.717) is 5.92 Å². The lowest BCUT2D eigenvalue weighted by Gasteiger charge is -2.13. The summed E-state index contributed by atoms with van der Waals surface area (Å²) in [5.41, 5.74) is 3.87. The molecule has 0 nitrogen and oxygen atoms in total. The van der Waals surface area contributed by atoms with Crippen LogP contribution in [0.3, 0.4) is 0 Å². The third-order valence-electron chi connectivity index (χ3n) is 3.11. The predicted octanol–water partition coefficient (Wildman–Crippen LogP) is 4.92. The van der Waals surface area contributed by atoms with Crippen molar-refractivity contribution in [2.24, 2.45) is 0 Å². The molecular formula is C16H17F. The Morgan fingerprint density at radius 3 is 2.18 bits per heavy atom. The van der Waals surface area contributed by atoms with Gasteiger partial charge in [-0.1, -0.05) is 50.2 Å². The molecule has 0 unspecified atom stereocenters. The van der Waals surface area contributed by atoms with E-state index in [0.717, 1.165) is 22.3 Å². The van der Waals surface area contributed by atoms with Gasteiger partial charge in [0.2, 0.25) is 0 Å². The molecular weight excluding hydrogens is 211 g/mol. The number of halogens is 1. The van der Waals surface area contributed by atoms with Crippen LogP contribution in [0, 0.1) is 12.7 Å². The molecule has 0 spiro atoms. The molecule has 0 radical (unpaired) electrons. The second-order valence-electron chi connectivity index (χ2n) is 4.69. The maximum Gasteiger partial charge on any atom is 0.127 e. The Hall–Kier alpha value is -1.63. The minimum Gasteiger partial charge on any atom is -0.207 e. The summed E-state index contributed by atoms with van der Waals surface area (Å²) in [5, 5.41) is 0. The van der Waals surface area contributed by atoms with Gasteiger partial charge < -0.3 is 0 Å². The summed E-state index contributed by atoms with van der Waals surface area (Å²) >= 11 is 0. The molecule has 0 amide bonds. The molecule has 0 fully saturated rings. The van der Waals surface area contributed by atoms with Gasteiger partial charge in [0.15, 0.2) is 0 Å². The van der Waals surface area contributed by atoms with E-state index >= 15 is 0 Å². The highest BCUT2D eigenvalue weighted by atomic mass is 19.1. The number of hydrogen-bond acceptors (Lipinski definition) is 0. The Bertz CT molecular complexity index is 513. The molecule has 1 heteroatoms. The molecule has 0 heterocycles. The van der Waals surface area contributed by atoms with Crippen LogP contribution in [0.1, 0.15) is 30.9 Å².